The SMILES string of the molecule is COc1ccc(Br)c(NC(=O)c2cc(Br)cnc2N)c1. The number of pyridine rings is 1. The van der Waals surface area contributed by atoms with Gasteiger partial charge in [0, 0.05) is 21.2 Å². The minimum absolute atomic E-state index is 0.171. The summed E-state index contributed by atoms with van der Waals surface area (Å²) < 4.78 is 6.55. The molecule has 1 aromatic carbocycles. The van der Waals surface area contributed by atoms with Crippen LogP contribution in [-0.4, -0.2) is 18.0 Å². The van der Waals surface area contributed by atoms with Crippen molar-refractivity contribution in [3.63, 3.8) is 0 Å². The molecule has 2 rings (SSSR count). The first-order valence-corrected chi connectivity index (χ1v) is 7.15. The van der Waals surface area contributed by atoms with Crippen molar-refractivity contribution in [3.05, 3.63) is 45.0 Å². The maximum Gasteiger partial charge on any atom is 0.259 e. The fourth-order valence-corrected chi connectivity index (χ4v) is 2.23. The summed E-state index contributed by atoms with van der Waals surface area (Å²) in [5, 5.41) is 2.76. The molecule has 5 nitrogen and oxygen atoms in total. The molecule has 2 aromatic rings. The molecule has 0 aliphatic carbocycles. The van der Waals surface area contributed by atoms with Gasteiger partial charge in [0.1, 0.15) is 11.6 Å². The molecule has 0 fully saturated rings. The Morgan fingerprint density at radius 2 is 2.10 bits per heavy atom. The molecule has 0 atom stereocenters. The summed E-state index contributed by atoms with van der Waals surface area (Å²) in [5.41, 5.74) is 6.60. The zero-order valence-electron chi connectivity index (χ0n) is 10.5. The minimum atomic E-state index is -0.342. The highest BCUT2D eigenvalue weighted by Gasteiger charge is 2.13. The quantitative estimate of drug-likeness (QED) is 0.827. The molecule has 0 unspecified atom stereocenters. The largest absolute Gasteiger partial charge is 0.497 e. The number of carbonyl (C=O) groups excluding carboxylic acids is 1. The van der Waals surface area contributed by atoms with Crippen LogP contribution in [-0.2, 0) is 0 Å². The van der Waals surface area contributed by atoms with Crippen LogP contribution >= 0.6 is 31.9 Å². The van der Waals surface area contributed by atoms with Gasteiger partial charge in [-0.3, -0.25) is 4.79 Å². The number of anilines is 2. The number of hydrogen-bond donors (Lipinski definition) is 2. The third-order valence-electron chi connectivity index (χ3n) is 2.55. The molecule has 20 heavy (non-hydrogen) atoms. The molecule has 0 aliphatic rings. The molecular weight excluding hydrogens is 390 g/mol. The summed E-state index contributed by atoms with van der Waals surface area (Å²) in [4.78, 5) is 16.2. The highest BCUT2D eigenvalue weighted by atomic mass is 79.9. The predicted molar refractivity (Wildman–Crippen MR) is 85.0 cm³/mol. The molecule has 1 amide bonds. The second-order valence-corrected chi connectivity index (χ2v) is 5.66. The van der Waals surface area contributed by atoms with Gasteiger partial charge in [0.05, 0.1) is 18.4 Å². The van der Waals surface area contributed by atoms with Crippen molar-refractivity contribution in [2.75, 3.05) is 18.2 Å². The number of aromatic nitrogens is 1. The molecule has 0 saturated heterocycles. The number of ether oxygens (including phenoxy) is 1. The summed E-state index contributed by atoms with van der Waals surface area (Å²) >= 11 is 6.63. The van der Waals surface area contributed by atoms with Crippen LogP contribution in [0.3, 0.4) is 0 Å². The van der Waals surface area contributed by atoms with E-state index >= 15 is 0 Å². The van der Waals surface area contributed by atoms with E-state index in [1.54, 1.807) is 31.4 Å². The Kier molecular flexibility index (Phi) is 4.61. The van der Waals surface area contributed by atoms with Crippen LogP contribution in [0.15, 0.2) is 39.4 Å². The summed E-state index contributed by atoms with van der Waals surface area (Å²) in [6.45, 7) is 0. The first-order chi connectivity index (χ1) is 9.51. The Morgan fingerprint density at radius 3 is 2.80 bits per heavy atom. The zero-order valence-corrected chi connectivity index (χ0v) is 13.7. The Labute approximate surface area is 132 Å². The molecule has 7 heteroatoms. The molecule has 3 N–H and O–H groups in total. The van der Waals surface area contributed by atoms with E-state index in [4.69, 9.17) is 10.5 Å². The van der Waals surface area contributed by atoms with Gasteiger partial charge in [-0.1, -0.05) is 0 Å². The fourth-order valence-electron chi connectivity index (χ4n) is 1.55. The van der Waals surface area contributed by atoms with E-state index in [1.165, 1.54) is 6.20 Å². The maximum absolute atomic E-state index is 12.2. The number of nitrogens with one attached hydrogen (secondary N) is 1. The van der Waals surface area contributed by atoms with Crippen molar-refractivity contribution in [3.8, 4) is 5.75 Å². The Hall–Kier alpha value is -1.60. The molecule has 1 heterocycles. The van der Waals surface area contributed by atoms with E-state index in [2.05, 4.69) is 42.2 Å². The van der Waals surface area contributed by atoms with Gasteiger partial charge < -0.3 is 15.8 Å². The lowest BCUT2D eigenvalue weighted by Crippen LogP contribution is -2.15. The molecule has 0 saturated carbocycles. The molecule has 0 aliphatic heterocycles. The lowest BCUT2D eigenvalue weighted by Gasteiger charge is -2.10. The average molecular weight is 401 g/mol. The van der Waals surface area contributed by atoms with Crippen LogP contribution in [0.1, 0.15) is 10.4 Å². The van der Waals surface area contributed by atoms with Crippen LogP contribution < -0.4 is 15.8 Å². The molecule has 0 bridgehead atoms. The number of nitrogen functional groups attached to an aromatic ring is 1. The van der Waals surface area contributed by atoms with Crippen molar-refractivity contribution in [1.29, 1.82) is 0 Å². The van der Waals surface area contributed by atoms with Gasteiger partial charge in [0.15, 0.2) is 0 Å². The van der Waals surface area contributed by atoms with Gasteiger partial charge in [-0.2, -0.15) is 0 Å². The Bertz CT molecular complexity index is 662. The van der Waals surface area contributed by atoms with Crippen molar-refractivity contribution in [2.24, 2.45) is 0 Å². The Morgan fingerprint density at radius 1 is 1.35 bits per heavy atom. The fraction of sp³-hybridized carbons (Fsp3) is 0.0769. The molecule has 1 aromatic heterocycles. The van der Waals surface area contributed by atoms with Crippen molar-refractivity contribution in [2.45, 2.75) is 0 Å². The first-order valence-electron chi connectivity index (χ1n) is 5.57. The second kappa shape index (κ2) is 6.23. The molecule has 0 spiro atoms. The zero-order chi connectivity index (χ0) is 14.7. The lowest BCUT2D eigenvalue weighted by atomic mass is 10.2. The Balaban J connectivity index is 2.30. The first kappa shape index (κ1) is 14.8. The number of amides is 1. The highest BCUT2D eigenvalue weighted by molar-refractivity contribution is 9.10. The molecule has 0 radical (unpaired) electrons. The van der Waals surface area contributed by atoms with E-state index in [9.17, 15) is 4.79 Å². The van der Waals surface area contributed by atoms with Gasteiger partial charge in [-0.15, -0.1) is 0 Å². The summed E-state index contributed by atoms with van der Waals surface area (Å²) in [6, 6.07) is 6.90. The lowest BCUT2D eigenvalue weighted by molar-refractivity contribution is 0.102. The molecule has 104 valence electrons. The second-order valence-electron chi connectivity index (χ2n) is 3.89. The number of hydrogen-bond acceptors (Lipinski definition) is 4. The van der Waals surface area contributed by atoms with Gasteiger partial charge in [-0.25, -0.2) is 4.98 Å². The van der Waals surface area contributed by atoms with Crippen LogP contribution in [0.4, 0.5) is 11.5 Å². The van der Waals surface area contributed by atoms with E-state index in [0.29, 0.717) is 21.5 Å². The van der Waals surface area contributed by atoms with E-state index in [-0.39, 0.29) is 11.7 Å². The number of halogens is 2. The highest BCUT2D eigenvalue weighted by Crippen LogP contribution is 2.28. The third kappa shape index (κ3) is 3.29. The topological polar surface area (TPSA) is 77.2 Å². The number of benzene rings is 1. The summed E-state index contributed by atoms with van der Waals surface area (Å²) in [5.74, 6) is 0.471. The minimum Gasteiger partial charge on any atom is -0.497 e. The standard InChI is InChI=1S/C13H11Br2N3O2/c1-20-8-2-3-10(15)11(5-8)18-13(19)9-4-7(14)6-17-12(9)16/h2-6H,1H3,(H2,16,17)(H,18,19). The van der Waals surface area contributed by atoms with E-state index < -0.39 is 0 Å². The van der Waals surface area contributed by atoms with Crippen molar-refractivity contribution in [1.82, 2.24) is 4.98 Å². The maximum atomic E-state index is 12.2. The van der Waals surface area contributed by atoms with Crippen LogP contribution in [0, 0.1) is 0 Å². The van der Waals surface area contributed by atoms with Crippen LogP contribution in [0.2, 0.25) is 0 Å². The number of nitrogens with zero attached hydrogens (tertiary/aromatic N) is 1. The number of carbonyl (C=O) groups is 1. The average Bonchev–Trinajstić information content (AvgIpc) is 2.43. The van der Waals surface area contributed by atoms with Gasteiger partial charge in [-0.05, 0) is 50.1 Å². The van der Waals surface area contributed by atoms with Gasteiger partial charge in [0.25, 0.3) is 5.91 Å². The van der Waals surface area contributed by atoms with Gasteiger partial charge >= 0.3 is 0 Å². The number of nitrogens with two attached hydrogens (primary N) is 1. The van der Waals surface area contributed by atoms with Crippen LogP contribution in [0.25, 0.3) is 0 Å². The summed E-state index contributed by atoms with van der Waals surface area (Å²) in [7, 11) is 1.56. The van der Waals surface area contributed by atoms with Crippen molar-refractivity contribution < 1.29 is 9.53 Å². The van der Waals surface area contributed by atoms with E-state index in [1.807, 2.05) is 0 Å². The monoisotopic (exact) mass is 399 g/mol. The predicted octanol–water partition coefficient (Wildman–Crippen LogP) is 3.45. The third-order valence-corrected chi connectivity index (χ3v) is 3.68. The normalized spacial score (nSPS) is 10.2. The number of rotatable bonds is 3. The molecular formula is C13H11Br2N3O2. The van der Waals surface area contributed by atoms with Crippen molar-refractivity contribution >= 4 is 49.3 Å². The number of methoxy groups -OCH3 is 1. The van der Waals surface area contributed by atoms with Gasteiger partial charge in [0.2, 0.25) is 0 Å². The smallest absolute Gasteiger partial charge is 0.259 e. The van der Waals surface area contributed by atoms with Crippen LogP contribution in [0.5, 0.6) is 5.75 Å². The van der Waals surface area contributed by atoms with E-state index in [0.717, 1.165) is 4.47 Å². The summed E-state index contributed by atoms with van der Waals surface area (Å²) in [6.07, 6.45) is 1.54.